The van der Waals surface area contributed by atoms with Crippen molar-refractivity contribution < 1.29 is 0 Å². The molecule has 0 aliphatic heterocycles. The topological polar surface area (TPSA) is 8.17 Å². The number of fused-ring (bicyclic) bond motifs is 6. The van der Waals surface area contributed by atoms with E-state index < -0.39 is 0 Å². The van der Waals surface area contributed by atoms with Gasteiger partial charge in [0.15, 0.2) is 0 Å². The normalized spacial score (nSPS) is 11.5. The molecule has 2 aromatic heterocycles. The second-order valence-electron chi connectivity index (χ2n) is 13.0. The fourth-order valence-electron chi connectivity index (χ4n) is 7.60. The van der Waals surface area contributed by atoms with Crippen LogP contribution in [0.2, 0.25) is 0 Å². The van der Waals surface area contributed by atoms with Gasteiger partial charge in [0.25, 0.3) is 0 Å². The molecule has 0 saturated heterocycles. The number of nitrogens with zero attached hydrogens (tertiary/aromatic N) is 2. The molecule has 0 amide bonds. The molecule has 3 heteroatoms. The molecule has 0 spiro atoms. The van der Waals surface area contributed by atoms with Crippen molar-refractivity contribution in [1.29, 1.82) is 0 Å². The molecule has 0 bridgehead atoms. The molecule has 0 unspecified atom stereocenters. The Kier molecular flexibility index (Phi) is 7.04. The number of hydrogen-bond acceptors (Lipinski definition) is 2. The van der Waals surface area contributed by atoms with Gasteiger partial charge in [-0.05, 0) is 95.1 Å². The number of thiophene rings is 1. The van der Waals surface area contributed by atoms with Crippen molar-refractivity contribution in [3.8, 4) is 27.9 Å². The van der Waals surface area contributed by atoms with Crippen molar-refractivity contribution in [3.05, 3.63) is 194 Å². The Balaban J connectivity index is 1.02. The molecule has 0 saturated carbocycles. The molecule has 51 heavy (non-hydrogen) atoms. The highest BCUT2D eigenvalue weighted by Crippen LogP contribution is 2.42. The molecule has 0 aliphatic carbocycles. The predicted molar refractivity (Wildman–Crippen MR) is 219 cm³/mol. The van der Waals surface area contributed by atoms with Crippen molar-refractivity contribution in [2.45, 2.75) is 0 Å². The third-order valence-electron chi connectivity index (χ3n) is 10.0. The van der Waals surface area contributed by atoms with Crippen LogP contribution >= 0.6 is 11.3 Å². The summed E-state index contributed by atoms with van der Waals surface area (Å²) in [6.07, 6.45) is 0. The Morgan fingerprint density at radius 1 is 0.373 bits per heavy atom. The SMILES string of the molecule is c1ccc(N(c2ccc(-c3ccc4c(c3)c3ccccc3n4-c3ccccc3)cc2)c2ccc(-c3cccc4c3sc3ccccc34)cc2)cc1. The van der Waals surface area contributed by atoms with Crippen LogP contribution in [-0.2, 0) is 0 Å². The molecule has 8 aromatic carbocycles. The maximum atomic E-state index is 2.36. The van der Waals surface area contributed by atoms with E-state index in [0.29, 0.717) is 0 Å². The summed E-state index contributed by atoms with van der Waals surface area (Å²) >= 11 is 1.88. The summed E-state index contributed by atoms with van der Waals surface area (Å²) in [5.41, 5.74) is 11.9. The van der Waals surface area contributed by atoms with E-state index in [0.717, 1.165) is 17.1 Å². The second kappa shape index (κ2) is 12.2. The predicted octanol–water partition coefficient (Wildman–Crippen LogP) is 14.0. The lowest BCUT2D eigenvalue weighted by Gasteiger charge is -2.26. The van der Waals surface area contributed by atoms with Crippen molar-refractivity contribution in [3.63, 3.8) is 0 Å². The van der Waals surface area contributed by atoms with Crippen molar-refractivity contribution in [2.24, 2.45) is 0 Å². The minimum atomic E-state index is 1.12. The second-order valence-corrected chi connectivity index (χ2v) is 14.0. The van der Waals surface area contributed by atoms with E-state index in [4.69, 9.17) is 0 Å². The van der Waals surface area contributed by atoms with E-state index in [1.807, 2.05) is 11.3 Å². The highest BCUT2D eigenvalue weighted by atomic mass is 32.1. The van der Waals surface area contributed by atoms with Gasteiger partial charge in [-0.2, -0.15) is 0 Å². The monoisotopic (exact) mass is 668 g/mol. The Morgan fingerprint density at radius 3 is 1.71 bits per heavy atom. The van der Waals surface area contributed by atoms with Gasteiger partial charge in [-0.25, -0.2) is 0 Å². The highest BCUT2D eigenvalue weighted by molar-refractivity contribution is 7.26. The van der Waals surface area contributed by atoms with Crippen LogP contribution in [0.3, 0.4) is 0 Å². The summed E-state index contributed by atoms with van der Waals surface area (Å²) in [6, 6.07) is 70.2. The Hall–Kier alpha value is -6.42. The zero-order valence-electron chi connectivity index (χ0n) is 27.8. The van der Waals surface area contributed by atoms with Gasteiger partial charge in [0, 0.05) is 53.7 Å². The standard InChI is InChI=1S/C48H32N2S/c1-3-12-36(13-4-1)49(39-29-24-34(25-30-39)40-18-11-19-43-42-17-8-10-21-47(42)51-48(40)43)38-27-22-33(23-28-38)35-26-31-46-44(32-35)41-16-7-9-20-45(41)50(46)37-14-5-2-6-15-37/h1-32H. The molecule has 0 radical (unpaired) electrons. The zero-order valence-corrected chi connectivity index (χ0v) is 28.6. The molecule has 0 aliphatic rings. The molecule has 0 fully saturated rings. The maximum absolute atomic E-state index is 2.36. The van der Waals surface area contributed by atoms with Gasteiger partial charge in [-0.3, -0.25) is 0 Å². The first kappa shape index (κ1) is 29.5. The molecule has 0 N–H and O–H groups in total. The van der Waals surface area contributed by atoms with Crippen LogP contribution in [0.15, 0.2) is 194 Å². The summed E-state index contributed by atoms with van der Waals surface area (Å²) in [7, 11) is 0. The van der Waals surface area contributed by atoms with Gasteiger partial charge in [0.2, 0.25) is 0 Å². The summed E-state index contributed by atoms with van der Waals surface area (Å²) in [4.78, 5) is 2.34. The van der Waals surface area contributed by atoms with Gasteiger partial charge in [-0.15, -0.1) is 11.3 Å². The van der Waals surface area contributed by atoms with Gasteiger partial charge >= 0.3 is 0 Å². The van der Waals surface area contributed by atoms with Gasteiger partial charge in [0.05, 0.1) is 11.0 Å². The first-order valence-electron chi connectivity index (χ1n) is 17.4. The van der Waals surface area contributed by atoms with Gasteiger partial charge in [0.1, 0.15) is 0 Å². The number of hydrogen-bond donors (Lipinski definition) is 0. The molecule has 10 aromatic rings. The van der Waals surface area contributed by atoms with Crippen molar-refractivity contribution in [1.82, 2.24) is 4.57 Å². The number of aromatic nitrogens is 1. The summed E-state index contributed by atoms with van der Waals surface area (Å²) < 4.78 is 5.03. The number of anilines is 3. The van der Waals surface area contributed by atoms with Crippen molar-refractivity contribution >= 4 is 70.4 Å². The molecular formula is C48H32N2S. The summed E-state index contributed by atoms with van der Waals surface area (Å²) in [5.74, 6) is 0. The quantitative estimate of drug-likeness (QED) is 0.171. The van der Waals surface area contributed by atoms with Crippen LogP contribution in [0.5, 0.6) is 0 Å². The van der Waals surface area contributed by atoms with E-state index in [-0.39, 0.29) is 0 Å². The number of benzene rings is 8. The molecule has 2 heterocycles. The zero-order chi connectivity index (χ0) is 33.7. The smallest absolute Gasteiger partial charge is 0.0541 e. The lowest BCUT2D eigenvalue weighted by molar-refractivity contribution is 1.18. The van der Waals surface area contributed by atoms with E-state index in [2.05, 4.69) is 204 Å². The molecule has 10 rings (SSSR count). The largest absolute Gasteiger partial charge is 0.311 e. The first-order valence-corrected chi connectivity index (χ1v) is 18.2. The van der Waals surface area contributed by atoms with Crippen LogP contribution in [0.1, 0.15) is 0 Å². The Bertz CT molecular complexity index is 2830. The Labute approximate surface area is 300 Å². The van der Waals surface area contributed by atoms with Gasteiger partial charge < -0.3 is 9.47 Å². The maximum Gasteiger partial charge on any atom is 0.0541 e. The summed E-state index contributed by atoms with van der Waals surface area (Å²) in [5, 5.41) is 5.17. The van der Waals surface area contributed by atoms with Crippen LogP contribution in [0.4, 0.5) is 17.1 Å². The molecule has 240 valence electrons. The molecular weight excluding hydrogens is 637 g/mol. The number of rotatable bonds is 6. The van der Waals surface area contributed by atoms with E-state index in [1.54, 1.807) is 0 Å². The summed E-state index contributed by atoms with van der Waals surface area (Å²) in [6.45, 7) is 0. The van der Waals surface area contributed by atoms with E-state index in [1.165, 1.54) is 69.9 Å². The number of para-hydroxylation sites is 3. The highest BCUT2D eigenvalue weighted by Gasteiger charge is 2.16. The lowest BCUT2D eigenvalue weighted by atomic mass is 10.0. The average molecular weight is 669 g/mol. The minimum absolute atomic E-state index is 1.12. The van der Waals surface area contributed by atoms with Crippen LogP contribution < -0.4 is 4.90 Å². The molecule has 0 atom stereocenters. The molecule has 2 nitrogen and oxygen atoms in total. The minimum Gasteiger partial charge on any atom is -0.311 e. The third kappa shape index (κ3) is 5.01. The van der Waals surface area contributed by atoms with Gasteiger partial charge in [-0.1, -0.05) is 121 Å². The van der Waals surface area contributed by atoms with E-state index in [9.17, 15) is 0 Å². The van der Waals surface area contributed by atoms with Crippen LogP contribution in [0.25, 0.3) is 69.9 Å². The third-order valence-corrected chi connectivity index (χ3v) is 11.2. The Morgan fingerprint density at radius 2 is 0.941 bits per heavy atom. The lowest BCUT2D eigenvalue weighted by Crippen LogP contribution is -2.09. The average Bonchev–Trinajstić information content (AvgIpc) is 3.75. The fourth-order valence-corrected chi connectivity index (χ4v) is 8.84. The fraction of sp³-hybridized carbons (Fsp3) is 0. The van der Waals surface area contributed by atoms with Crippen molar-refractivity contribution in [2.75, 3.05) is 4.90 Å². The van der Waals surface area contributed by atoms with Crippen LogP contribution in [-0.4, -0.2) is 4.57 Å². The van der Waals surface area contributed by atoms with E-state index >= 15 is 0 Å². The van der Waals surface area contributed by atoms with Crippen LogP contribution in [0, 0.1) is 0 Å². The first-order chi connectivity index (χ1) is 25.3.